The molecule has 0 bridgehead atoms. The molecule has 0 radical (unpaired) electrons. The van der Waals surface area contributed by atoms with Gasteiger partial charge in [-0.2, -0.15) is 0 Å². The molecular formula is C16H22N2OS. The van der Waals surface area contributed by atoms with Gasteiger partial charge in [-0.15, -0.1) is 11.3 Å². The molecule has 20 heavy (non-hydrogen) atoms. The zero-order valence-electron chi connectivity index (χ0n) is 12.6. The van der Waals surface area contributed by atoms with Gasteiger partial charge in [-0.1, -0.05) is 6.07 Å². The lowest BCUT2D eigenvalue weighted by Gasteiger charge is -2.15. The topological polar surface area (TPSA) is 24.5 Å². The Morgan fingerprint density at radius 1 is 1.25 bits per heavy atom. The van der Waals surface area contributed by atoms with Gasteiger partial charge in [-0.05, 0) is 55.7 Å². The van der Waals surface area contributed by atoms with Crippen molar-refractivity contribution in [2.75, 3.05) is 26.5 Å². The first-order chi connectivity index (χ1) is 9.60. The third-order valence-corrected chi connectivity index (χ3v) is 4.19. The van der Waals surface area contributed by atoms with Gasteiger partial charge in [-0.3, -0.25) is 0 Å². The van der Waals surface area contributed by atoms with Gasteiger partial charge in [-0.25, -0.2) is 0 Å². The Bertz CT molecular complexity index is 563. The van der Waals surface area contributed by atoms with Crippen LogP contribution < -0.4 is 10.1 Å². The van der Waals surface area contributed by atoms with Crippen molar-refractivity contribution >= 4 is 17.0 Å². The van der Waals surface area contributed by atoms with Crippen LogP contribution in [-0.2, 0) is 13.1 Å². The molecular weight excluding hydrogens is 268 g/mol. The van der Waals surface area contributed by atoms with E-state index in [2.05, 4.69) is 54.8 Å². The van der Waals surface area contributed by atoms with Crippen LogP contribution in [0.1, 0.15) is 16.0 Å². The number of hydrogen-bond acceptors (Lipinski definition) is 4. The van der Waals surface area contributed by atoms with E-state index >= 15 is 0 Å². The summed E-state index contributed by atoms with van der Waals surface area (Å²) in [4.78, 5) is 3.53. The number of aryl methyl sites for hydroxylation is 1. The molecule has 2 aromatic rings. The molecule has 0 atom stereocenters. The molecule has 0 spiro atoms. The smallest absolute Gasteiger partial charge is 0.141 e. The van der Waals surface area contributed by atoms with Crippen LogP contribution in [0.15, 0.2) is 29.6 Å². The maximum atomic E-state index is 5.43. The lowest BCUT2D eigenvalue weighted by atomic mass is 10.1. The zero-order valence-corrected chi connectivity index (χ0v) is 13.4. The Balaban J connectivity index is 2.13. The molecule has 0 aliphatic heterocycles. The first kappa shape index (κ1) is 14.9. The molecule has 1 N–H and O–H groups in total. The van der Waals surface area contributed by atoms with Crippen molar-refractivity contribution in [1.82, 2.24) is 4.90 Å². The second kappa shape index (κ2) is 6.77. The summed E-state index contributed by atoms with van der Waals surface area (Å²) >= 11 is 1.79. The maximum Gasteiger partial charge on any atom is 0.141 e. The summed E-state index contributed by atoms with van der Waals surface area (Å²) in [5, 5.41) is 5.62. The van der Waals surface area contributed by atoms with Crippen molar-refractivity contribution < 1.29 is 4.74 Å². The van der Waals surface area contributed by atoms with Crippen LogP contribution in [0, 0.1) is 6.92 Å². The van der Waals surface area contributed by atoms with E-state index in [1.807, 2.05) is 6.07 Å². The van der Waals surface area contributed by atoms with E-state index in [0.29, 0.717) is 0 Å². The molecule has 1 aromatic carbocycles. The van der Waals surface area contributed by atoms with Crippen LogP contribution >= 0.6 is 11.3 Å². The van der Waals surface area contributed by atoms with Crippen molar-refractivity contribution in [3.05, 3.63) is 45.6 Å². The molecule has 0 fully saturated rings. The number of rotatable bonds is 6. The fourth-order valence-corrected chi connectivity index (χ4v) is 2.96. The fraction of sp³-hybridized carbons (Fsp3) is 0.375. The van der Waals surface area contributed by atoms with E-state index in [4.69, 9.17) is 4.74 Å². The summed E-state index contributed by atoms with van der Waals surface area (Å²) in [7, 11) is 5.86. The second-order valence-electron chi connectivity index (χ2n) is 5.15. The van der Waals surface area contributed by atoms with Gasteiger partial charge in [0.1, 0.15) is 5.75 Å². The van der Waals surface area contributed by atoms with Gasteiger partial charge >= 0.3 is 0 Å². The Hall–Kier alpha value is -1.52. The van der Waals surface area contributed by atoms with E-state index in [1.165, 1.54) is 16.0 Å². The molecule has 0 aliphatic carbocycles. The Labute approximate surface area is 125 Å². The number of methoxy groups -OCH3 is 1. The van der Waals surface area contributed by atoms with Crippen LogP contribution in [0.2, 0.25) is 0 Å². The molecule has 2 rings (SSSR count). The van der Waals surface area contributed by atoms with E-state index in [-0.39, 0.29) is 0 Å². The standard InChI is InChI=1S/C16H22N2OS/c1-12-7-8-20-16(12)10-17-14-9-13(11-18(2)3)5-6-15(14)19-4/h5-9,17H,10-11H2,1-4H3. The minimum atomic E-state index is 0.839. The minimum Gasteiger partial charge on any atom is -0.495 e. The Morgan fingerprint density at radius 2 is 2.05 bits per heavy atom. The molecule has 0 amide bonds. The largest absolute Gasteiger partial charge is 0.495 e. The number of benzene rings is 1. The minimum absolute atomic E-state index is 0.839. The number of hydrogen-bond donors (Lipinski definition) is 1. The highest BCUT2D eigenvalue weighted by atomic mass is 32.1. The molecule has 1 aromatic heterocycles. The van der Waals surface area contributed by atoms with Gasteiger partial charge < -0.3 is 15.0 Å². The number of thiophene rings is 1. The SMILES string of the molecule is COc1ccc(CN(C)C)cc1NCc1sccc1C. The predicted octanol–water partition coefficient (Wildman–Crippen LogP) is 3.74. The van der Waals surface area contributed by atoms with E-state index in [1.54, 1.807) is 18.4 Å². The van der Waals surface area contributed by atoms with Gasteiger partial charge in [0.05, 0.1) is 12.8 Å². The quantitative estimate of drug-likeness (QED) is 0.877. The third-order valence-electron chi connectivity index (χ3n) is 3.17. The normalized spacial score (nSPS) is 10.8. The van der Waals surface area contributed by atoms with Crippen molar-refractivity contribution in [1.29, 1.82) is 0 Å². The van der Waals surface area contributed by atoms with Crippen LogP contribution in [-0.4, -0.2) is 26.1 Å². The summed E-state index contributed by atoms with van der Waals surface area (Å²) in [6, 6.07) is 8.46. The molecule has 0 saturated carbocycles. The van der Waals surface area contributed by atoms with Crippen LogP contribution in [0.5, 0.6) is 5.75 Å². The highest BCUT2D eigenvalue weighted by Gasteiger charge is 2.06. The summed E-state index contributed by atoms with van der Waals surface area (Å²) in [5.74, 6) is 0.890. The highest BCUT2D eigenvalue weighted by Crippen LogP contribution is 2.27. The van der Waals surface area contributed by atoms with E-state index in [9.17, 15) is 0 Å². The summed E-state index contributed by atoms with van der Waals surface area (Å²) in [6.45, 7) is 3.91. The van der Waals surface area contributed by atoms with Gasteiger partial charge in [0.25, 0.3) is 0 Å². The predicted molar refractivity (Wildman–Crippen MR) is 86.8 cm³/mol. The van der Waals surface area contributed by atoms with Gasteiger partial charge in [0.2, 0.25) is 0 Å². The average molecular weight is 290 g/mol. The monoisotopic (exact) mass is 290 g/mol. The molecule has 0 saturated heterocycles. The van der Waals surface area contributed by atoms with Crippen molar-refractivity contribution in [3.63, 3.8) is 0 Å². The van der Waals surface area contributed by atoms with E-state index < -0.39 is 0 Å². The summed E-state index contributed by atoms with van der Waals surface area (Å²) in [6.07, 6.45) is 0. The average Bonchev–Trinajstić information content (AvgIpc) is 2.81. The summed E-state index contributed by atoms with van der Waals surface area (Å²) < 4.78 is 5.43. The molecule has 1 heterocycles. The molecule has 4 heteroatoms. The van der Waals surface area contributed by atoms with Gasteiger partial charge in [0, 0.05) is 18.0 Å². The first-order valence-corrected chi connectivity index (χ1v) is 7.56. The Morgan fingerprint density at radius 3 is 2.65 bits per heavy atom. The number of nitrogens with one attached hydrogen (secondary N) is 1. The summed E-state index contributed by atoms with van der Waals surface area (Å²) in [5.41, 5.74) is 3.67. The molecule has 0 unspecified atom stereocenters. The van der Waals surface area contributed by atoms with Crippen molar-refractivity contribution in [3.8, 4) is 5.75 Å². The van der Waals surface area contributed by atoms with Gasteiger partial charge in [0.15, 0.2) is 0 Å². The highest BCUT2D eigenvalue weighted by molar-refractivity contribution is 7.10. The zero-order chi connectivity index (χ0) is 14.5. The third kappa shape index (κ3) is 3.74. The number of ether oxygens (including phenoxy) is 1. The molecule has 0 aliphatic rings. The van der Waals surface area contributed by atoms with Crippen molar-refractivity contribution in [2.45, 2.75) is 20.0 Å². The lowest BCUT2D eigenvalue weighted by Crippen LogP contribution is -2.11. The van der Waals surface area contributed by atoms with Crippen LogP contribution in [0.4, 0.5) is 5.69 Å². The Kier molecular flexibility index (Phi) is 5.04. The van der Waals surface area contributed by atoms with E-state index in [0.717, 1.165) is 24.5 Å². The fourth-order valence-electron chi connectivity index (χ4n) is 2.12. The molecule has 3 nitrogen and oxygen atoms in total. The second-order valence-corrected chi connectivity index (χ2v) is 6.15. The molecule has 108 valence electrons. The number of anilines is 1. The lowest BCUT2D eigenvalue weighted by molar-refractivity contribution is 0.400. The maximum absolute atomic E-state index is 5.43. The first-order valence-electron chi connectivity index (χ1n) is 6.68. The number of nitrogens with zero attached hydrogens (tertiary/aromatic N) is 1. The van der Waals surface area contributed by atoms with Crippen LogP contribution in [0.25, 0.3) is 0 Å². The van der Waals surface area contributed by atoms with Crippen LogP contribution in [0.3, 0.4) is 0 Å². The van der Waals surface area contributed by atoms with Crippen molar-refractivity contribution in [2.24, 2.45) is 0 Å².